The molecule has 1 amide bonds. The fourth-order valence-corrected chi connectivity index (χ4v) is 3.00. The van der Waals surface area contributed by atoms with E-state index in [1.807, 2.05) is 0 Å². The van der Waals surface area contributed by atoms with Gasteiger partial charge in [0.2, 0.25) is 5.91 Å². The summed E-state index contributed by atoms with van der Waals surface area (Å²) in [7, 11) is 0. The topological polar surface area (TPSA) is 84.3 Å². The van der Waals surface area contributed by atoms with Crippen molar-refractivity contribution in [1.29, 1.82) is 0 Å². The Kier molecular flexibility index (Phi) is 3.30. The molecule has 1 aromatic rings. The van der Waals surface area contributed by atoms with E-state index in [0.717, 1.165) is 25.7 Å². The Morgan fingerprint density at radius 2 is 2.00 bits per heavy atom. The van der Waals surface area contributed by atoms with Crippen molar-refractivity contribution in [2.45, 2.75) is 44.6 Å². The Labute approximate surface area is 116 Å². The molecule has 1 aliphatic carbocycles. The van der Waals surface area contributed by atoms with Crippen LogP contribution in [-0.2, 0) is 11.2 Å². The van der Waals surface area contributed by atoms with Crippen LogP contribution in [0.25, 0.3) is 0 Å². The molecular weight excluding hydrogens is 258 g/mol. The molecule has 0 spiro atoms. The number of carbonyl (C=O) groups excluding carboxylic acids is 1. The monoisotopic (exact) mass is 275 g/mol. The lowest BCUT2D eigenvalue weighted by atomic mass is 9.95. The van der Waals surface area contributed by atoms with Crippen molar-refractivity contribution >= 4 is 23.0 Å². The van der Waals surface area contributed by atoms with E-state index in [0.29, 0.717) is 16.9 Å². The van der Waals surface area contributed by atoms with Gasteiger partial charge in [0.05, 0.1) is 11.3 Å². The van der Waals surface area contributed by atoms with E-state index in [-0.39, 0.29) is 29.0 Å². The average molecular weight is 275 g/mol. The van der Waals surface area contributed by atoms with Gasteiger partial charge in [-0.05, 0) is 24.5 Å². The van der Waals surface area contributed by atoms with Crippen molar-refractivity contribution in [2.24, 2.45) is 0 Å². The fraction of sp³-hybridized carbons (Fsp3) is 0.500. The highest BCUT2D eigenvalue weighted by atomic mass is 16.6. The number of rotatable bonds is 3. The predicted molar refractivity (Wildman–Crippen MR) is 75.9 cm³/mol. The average Bonchev–Trinajstić information content (AvgIpc) is 2.78. The van der Waals surface area contributed by atoms with Crippen molar-refractivity contribution in [3.8, 4) is 0 Å². The van der Waals surface area contributed by atoms with Crippen LogP contribution in [0.5, 0.6) is 0 Å². The van der Waals surface area contributed by atoms with Crippen LogP contribution in [0.15, 0.2) is 12.1 Å². The number of hydrogen-bond donors (Lipinski definition) is 2. The van der Waals surface area contributed by atoms with Gasteiger partial charge in [0.15, 0.2) is 0 Å². The molecule has 0 radical (unpaired) electrons. The summed E-state index contributed by atoms with van der Waals surface area (Å²) in [6.07, 6.45) is 5.86. The molecule has 3 rings (SSSR count). The Balaban J connectivity index is 1.90. The SMILES string of the molecule is O=C1Cc2cc([N+](=O)[O-])c(NC3CCCCC3)cc2N1. The number of fused-ring (bicyclic) bond motifs is 1. The van der Waals surface area contributed by atoms with E-state index in [9.17, 15) is 14.9 Å². The van der Waals surface area contributed by atoms with Gasteiger partial charge in [0.25, 0.3) is 5.69 Å². The zero-order valence-electron chi connectivity index (χ0n) is 11.1. The number of nitro groups is 1. The van der Waals surface area contributed by atoms with Crippen LogP contribution in [0.3, 0.4) is 0 Å². The number of carbonyl (C=O) groups is 1. The summed E-state index contributed by atoms with van der Waals surface area (Å²) in [6, 6.07) is 3.50. The Morgan fingerprint density at radius 1 is 1.25 bits per heavy atom. The summed E-state index contributed by atoms with van der Waals surface area (Å²) in [6.45, 7) is 0. The van der Waals surface area contributed by atoms with E-state index in [4.69, 9.17) is 0 Å². The number of nitro benzene ring substituents is 1. The van der Waals surface area contributed by atoms with Crippen LogP contribution >= 0.6 is 0 Å². The minimum absolute atomic E-state index is 0.0609. The molecule has 1 fully saturated rings. The number of nitrogens with one attached hydrogen (secondary N) is 2. The fourth-order valence-electron chi connectivity index (χ4n) is 3.00. The van der Waals surface area contributed by atoms with Crippen LogP contribution in [0, 0.1) is 10.1 Å². The zero-order chi connectivity index (χ0) is 14.1. The van der Waals surface area contributed by atoms with Crippen molar-refractivity contribution in [1.82, 2.24) is 0 Å². The molecule has 0 unspecified atom stereocenters. The summed E-state index contributed by atoms with van der Waals surface area (Å²) in [5.41, 5.74) is 1.98. The van der Waals surface area contributed by atoms with Crippen LogP contribution in [0.1, 0.15) is 37.7 Å². The second kappa shape index (κ2) is 5.11. The molecule has 1 saturated carbocycles. The number of anilines is 2. The molecule has 0 bridgehead atoms. The quantitative estimate of drug-likeness (QED) is 0.656. The predicted octanol–water partition coefficient (Wildman–Crippen LogP) is 2.83. The van der Waals surface area contributed by atoms with Gasteiger partial charge in [-0.25, -0.2) is 0 Å². The van der Waals surface area contributed by atoms with E-state index < -0.39 is 0 Å². The summed E-state index contributed by atoms with van der Waals surface area (Å²) < 4.78 is 0. The molecule has 6 nitrogen and oxygen atoms in total. The number of nitrogens with zero attached hydrogens (tertiary/aromatic N) is 1. The highest BCUT2D eigenvalue weighted by molar-refractivity contribution is 6.00. The first kappa shape index (κ1) is 12.9. The highest BCUT2D eigenvalue weighted by Crippen LogP contribution is 2.36. The van der Waals surface area contributed by atoms with Gasteiger partial charge >= 0.3 is 0 Å². The van der Waals surface area contributed by atoms with Gasteiger partial charge in [-0.3, -0.25) is 14.9 Å². The first-order valence-corrected chi connectivity index (χ1v) is 7.01. The van der Waals surface area contributed by atoms with Crippen LogP contribution < -0.4 is 10.6 Å². The summed E-state index contributed by atoms with van der Waals surface area (Å²) in [5, 5.41) is 17.2. The maximum atomic E-state index is 11.4. The highest BCUT2D eigenvalue weighted by Gasteiger charge is 2.26. The van der Waals surface area contributed by atoms with Crippen LogP contribution in [0.2, 0.25) is 0 Å². The largest absolute Gasteiger partial charge is 0.377 e. The molecule has 2 N–H and O–H groups in total. The lowest BCUT2D eigenvalue weighted by molar-refractivity contribution is -0.384. The van der Waals surface area contributed by atoms with E-state index in [1.54, 1.807) is 6.07 Å². The molecule has 0 aromatic heterocycles. The Bertz CT molecular complexity index is 565. The van der Waals surface area contributed by atoms with Gasteiger partial charge in [0.1, 0.15) is 5.69 Å². The molecule has 1 heterocycles. The molecular formula is C14H17N3O3. The van der Waals surface area contributed by atoms with Gasteiger partial charge in [0, 0.05) is 17.8 Å². The van der Waals surface area contributed by atoms with Gasteiger partial charge in [-0.15, -0.1) is 0 Å². The molecule has 1 aliphatic heterocycles. The standard InChI is InChI=1S/C14H17N3O3/c18-14-7-9-6-13(17(19)20)12(8-11(9)16-14)15-10-4-2-1-3-5-10/h6,8,10,15H,1-5,7H2,(H,16,18). The number of hydrogen-bond acceptors (Lipinski definition) is 4. The van der Waals surface area contributed by atoms with Crippen molar-refractivity contribution in [2.75, 3.05) is 10.6 Å². The first-order chi connectivity index (χ1) is 9.63. The number of benzene rings is 1. The molecule has 1 aromatic carbocycles. The lowest BCUT2D eigenvalue weighted by Crippen LogP contribution is -2.22. The number of amides is 1. The first-order valence-electron chi connectivity index (χ1n) is 7.01. The molecule has 20 heavy (non-hydrogen) atoms. The second-order valence-electron chi connectivity index (χ2n) is 5.49. The van der Waals surface area contributed by atoms with Crippen molar-refractivity contribution < 1.29 is 9.72 Å². The molecule has 0 saturated heterocycles. The smallest absolute Gasteiger partial charge is 0.292 e. The molecule has 0 atom stereocenters. The summed E-state index contributed by atoms with van der Waals surface area (Å²) >= 11 is 0. The third kappa shape index (κ3) is 2.45. The second-order valence-corrected chi connectivity index (χ2v) is 5.49. The molecule has 2 aliphatic rings. The third-order valence-electron chi connectivity index (χ3n) is 4.01. The van der Waals surface area contributed by atoms with E-state index in [2.05, 4.69) is 10.6 Å². The minimum atomic E-state index is -0.381. The molecule has 106 valence electrons. The maximum Gasteiger partial charge on any atom is 0.292 e. The van der Waals surface area contributed by atoms with Crippen molar-refractivity contribution in [3.63, 3.8) is 0 Å². The Morgan fingerprint density at radius 3 is 2.70 bits per heavy atom. The van der Waals surface area contributed by atoms with Gasteiger partial charge in [-0.1, -0.05) is 19.3 Å². The molecule has 6 heteroatoms. The van der Waals surface area contributed by atoms with E-state index in [1.165, 1.54) is 12.5 Å². The summed E-state index contributed by atoms with van der Waals surface area (Å²) in [4.78, 5) is 22.2. The van der Waals surface area contributed by atoms with Gasteiger partial charge < -0.3 is 10.6 Å². The van der Waals surface area contributed by atoms with Crippen LogP contribution in [-0.4, -0.2) is 16.9 Å². The van der Waals surface area contributed by atoms with Crippen LogP contribution in [0.4, 0.5) is 17.1 Å². The minimum Gasteiger partial charge on any atom is -0.377 e. The third-order valence-corrected chi connectivity index (χ3v) is 4.01. The van der Waals surface area contributed by atoms with Crippen molar-refractivity contribution in [3.05, 3.63) is 27.8 Å². The zero-order valence-corrected chi connectivity index (χ0v) is 11.1. The normalized spacial score (nSPS) is 18.5. The lowest BCUT2D eigenvalue weighted by Gasteiger charge is -2.24. The van der Waals surface area contributed by atoms with Gasteiger partial charge in [-0.2, -0.15) is 0 Å². The van der Waals surface area contributed by atoms with E-state index >= 15 is 0 Å². The maximum absolute atomic E-state index is 11.4. The Hall–Kier alpha value is -2.11. The summed E-state index contributed by atoms with van der Waals surface area (Å²) in [5.74, 6) is -0.107.